The van der Waals surface area contributed by atoms with E-state index in [1.165, 1.54) is 13.2 Å². The predicted molar refractivity (Wildman–Crippen MR) is 87.2 cm³/mol. The second-order valence-electron chi connectivity index (χ2n) is 4.80. The number of hydrogen-bond acceptors (Lipinski definition) is 2. The van der Waals surface area contributed by atoms with Gasteiger partial charge in [0.1, 0.15) is 11.6 Å². The number of hydrogen-bond donors (Lipinski definition) is 1. The van der Waals surface area contributed by atoms with E-state index in [0.717, 1.165) is 23.0 Å². The van der Waals surface area contributed by atoms with Gasteiger partial charge >= 0.3 is 0 Å². The van der Waals surface area contributed by atoms with Crippen LogP contribution in [0.2, 0.25) is 0 Å². The van der Waals surface area contributed by atoms with Crippen LogP contribution < -0.4 is 10.1 Å². The van der Waals surface area contributed by atoms with Gasteiger partial charge in [0.05, 0.1) is 13.2 Å². The van der Waals surface area contributed by atoms with E-state index in [-0.39, 0.29) is 11.9 Å². The monoisotopic (exact) mass is 351 g/mol. The van der Waals surface area contributed by atoms with Crippen LogP contribution in [-0.4, -0.2) is 13.7 Å². The van der Waals surface area contributed by atoms with Crippen LogP contribution in [-0.2, 0) is 0 Å². The first-order valence-electron chi connectivity index (χ1n) is 6.98. The Hall–Kier alpha value is -1.39. The normalized spacial score (nSPS) is 12.2. The van der Waals surface area contributed by atoms with Crippen molar-refractivity contribution in [2.75, 3.05) is 13.7 Å². The summed E-state index contributed by atoms with van der Waals surface area (Å²) in [5, 5.41) is 3.41. The fraction of sp³-hybridized carbons (Fsp3) is 0.294. The molecule has 0 aliphatic heterocycles. The maximum atomic E-state index is 14.4. The molecule has 1 unspecified atom stereocenters. The SMILES string of the molecule is CCCNC(c1ccc(OC)cc1F)c1ccccc1Br. The Balaban J connectivity index is 2.43. The molecule has 4 heteroatoms. The molecule has 112 valence electrons. The zero-order valence-corrected chi connectivity index (χ0v) is 13.8. The van der Waals surface area contributed by atoms with Crippen LogP contribution >= 0.6 is 15.9 Å². The zero-order chi connectivity index (χ0) is 15.2. The molecule has 0 saturated heterocycles. The highest BCUT2D eigenvalue weighted by Crippen LogP contribution is 2.31. The lowest BCUT2D eigenvalue weighted by atomic mass is 9.98. The summed E-state index contributed by atoms with van der Waals surface area (Å²) in [6, 6.07) is 12.7. The van der Waals surface area contributed by atoms with Crippen molar-refractivity contribution >= 4 is 15.9 Å². The van der Waals surface area contributed by atoms with E-state index >= 15 is 0 Å². The van der Waals surface area contributed by atoms with Gasteiger partial charge in [0, 0.05) is 16.1 Å². The Kier molecular flexibility index (Phi) is 5.76. The van der Waals surface area contributed by atoms with Crippen molar-refractivity contribution in [3.05, 3.63) is 63.9 Å². The van der Waals surface area contributed by atoms with Gasteiger partial charge in [0.15, 0.2) is 0 Å². The molecule has 0 aromatic heterocycles. The van der Waals surface area contributed by atoms with E-state index in [9.17, 15) is 4.39 Å². The highest BCUT2D eigenvalue weighted by Gasteiger charge is 2.19. The lowest BCUT2D eigenvalue weighted by Crippen LogP contribution is -2.24. The molecule has 2 aromatic carbocycles. The van der Waals surface area contributed by atoms with E-state index in [1.807, 2.05) is 24.3 Å². The van der Waals surface area contributed by atoms with E-state index in [4.69, 9.17) is 4.74 Å². The molecule has 2 rings (SSSR count). The number of ether oxygens (including phenoxy) is 1. The van der Waals surface area contributed by atoms with E-state index in [0.29, 0.717) is 11.3 Å². The van der Waals surface area contributed by atoms with Crippen LogP contribution in [0.15, 0.2) is 46.9 Å². The smallest absolute Gasteiger partial charge is 0.132 e. The van der Waals surface area contributed by atoms with E-state index in [2.05, 4.69) is 28.2 Å². The molecule has 0 spiro atoms. The van der Waals surface area contributed by atoms with Crippen molar-refractivity contribution < 1.29 is 9.13 Å². The molecule has 0 saturated carbocycles. The number of halogens is 2. The predicted octanol–water partition coefficient (Wildman–Crippen LogP) is 4.69. The molecule has 2 aromatic rings. The third kappa shape index (κ3) is 3.83. The summed E-state index contributed by atoms with van der Waals surface area (Å²) in [5.74, 6) is 0.260. The van der Waals surface area contributed by atoms with Gasteiger partial charge in [-0.15, -0.1) is 0 Å². The van der Waals surface area contributed by atoms with Gasteiger partial charge in [-0.3, -0.25) is 0 Å². The van der Waals surface area contributed by atoms with Crippen LogP contribution in [0.1, 0.15) is 30.5 Å². The second kappa shape index (κ2) is 7.57. The molecule has 2 nitrogen and oxygen atoms in total. The van der Waals surface area contributed by atoms with E-state index in [1.54, 1.807) is 12.1 Å². The summed E-state index contributed by atoms with van der Waals surface area (Å²) in [6.45, 7) is 2.91. The van der Waals surface area contributed by atoms with Gasteiger partial charge in [-0.25, -0.2) is 4.39 Å². The highest BCUT2D eigenvalue weighted by molar-refractivity contribution is 9.10. The minimum Gasteiger partial charge on any atom is -0.497 e. The molecule has 0 bridgehead atoms. The van der Waals surface area contributed by atoms with Gasteiger partial charge in [-0.1, -0.05) is 47.1 Å². The van der Waals surface area contributed by atoms with Crippen LogP contribution in [0.25, 0.3) is 0 Å². The molecule has 1 N–H and O–H groups in total. The summed E-state index contributed by atoms with van der Waals surface area (Å²) in [7, 11) is 1.54. The first-order valence-corrected chi connectivity index (χ1v) is 7.78. The average Bonchev–Trinajstić information content (AvgIpc) is 2.50. The zero-order valence-electron chi connectivity index (χ0n) is 12.2. The van der Waals surface area contributed by atoms with Crippen LogP contribution in [0.5, 0.6) is 5.75 Å². The van der Waals surface area contributed by atoms with E-state index < -0.39 is 0 Å². The lowest BCUT2D eigenvalue weighted by molar-refractivity contribution is 0.410. The van der Waals surface area contributed by atoms with Crippen LogP contribution in [0.3, 0.4) is 0 Å². The summed E-state index contributed by atoms with van der Waals surface area (Å²) in [4.78, 5) is 0. The Labute approximate surface area is 133 Å². The molecule has 0 amide bonds. The van der Waals surface area contributed by atoms with Gasteiger partial charge in [-0.2, -0.15) is 0 Å². The Morgan fingerprint density at radius 1 is 1.19 bits per heavy atom. The standard InChI is InChI=1S/C17H19BrFNO/c1-3-10-20-17(13-6-4-5-7-15(13)18)14-9-8-12(21-2)11-16(14)19/h4-9,11,17,20H,3,10H2,1-2H3. The maximum absolute atomic E-state index is 14.4. The Morgan fingerprint density at radius 3 is 2.57 bits per heavy atom. The van der Waals surface area contributed by atoms with Gasteiger partial charge in [0.2, 0.25) is 0 Å². The minimum atomic E-state index is -0.265. The summed E-state index contributed by atoms with van der Waals surface area (Å²) < 4.78 is 20.4. The topological polar surface area (TPSA) is 21.3 Å². The molecular weight excluding hydrogens is 333 g/mol. The molecule has 0 aliphatic carbocycles. The van der Waals surface area contributed by atoms with Crippen molar-refractivity contribution in [2.45, 2.75) is 19.4 Å². The molecule has 0 radical (unpaired) electrons. The second-order valence-corrected chi connectivity index (χ2v) is 5.65. The lowest BCUT2D eigenvalue weighted by Gasteiger charge is -2.21. The summed E-state index contributed by atoms with van der Waals surface area (Å²) >= 11 is 3.55. The number of nitrogens with one attached hydrogen (secondary N) is 1. The van der Waals surface area contributed by atoms with Crippen LogP contribution in [0.4, 0.5) is 4.39 Å². The average molecular weight is 352 g/mol. The van der Waals surface area contributed by atoms with Crippen molar-refractivity contribution in [2.24, 2.45) is 0 Å². The molecule has 0 heterocycles. The fourth-order valence-electron chi connectivity index (χ4n) is 2.25. The Bertz CT molecular complexity index is 603. The minimum absolute atomic E-state index is 0.188. The van der Waals surface area contributed by atoms with Gasteiger partial charge in [0.25, 0.3) is 0 Å². The fourth-order valence-corrected chi connectivity index (χ4v) is 2.77. The first kappa shape index (κ1) is 16.0. The molecule has 0 aliphatic rings. The van der Waals surface area contributed by atoms with Crippen LogP contribution in [0, 0.1) is 5.82 Å². The van der Waals surface area contributed by atoms with Crippen molar-refractivity contribution in [3.8, 4) is 5.75 Å². The third-order valence-electron chi connectivity index (χ3n) is 3.33. The summed E-state index contributed by atoms with van der Waals surface area (Å²) in [6.07, 6.45) is 0.985. The maximum Gasteiger partial charge on any atom is 0.132 e. The quantitative estimate of drug-likeness (QED) is 0.815. The molecular formula is C17H19BrFNO. The number of rotatable bonds is 6. The van der Waals surface area contributed by atoms with Gasteiger partial charge in [-0.05, 0) is 30.7 Å². The number of methoxy groups -OCH3 is 1. The number of benzene rings is 2. The first-order chi connectivity index (χ1) is 10.2. The van der Waals surface area contributed by atoms with Crippen molar-refractivity contribution in [1.29, 1.82) is 0 Å². The van der Waals surface area contributed by atoms with Crippen molar-refractivity contribution in [1.82, 2.24) is 5.32 Å². The third-order valence-corrected chi connectivity index (χ3v) is 4.06. The largest absolute Gasteiger partial charge is 0.497 e. The van der Waals surface area contributed by atoms with Gasteiger partial charge < -0.3 is 10.1 Å². The Morgan fingerprint density at radius 2 is 1.95 bits per heavy atom. The molecule has 21 heavy (non-hydrogen) atoms. The summed E-state index contributed by atoms with van der Waals surface area (Å²) in [5.41, 5.74) is 1.64. The molecule has 1 atom stereocenters. The highest BCUT2D eigenvalue weighted by atomic mass is 79.9. The molecule has 0 fully saturated rings. The van der Waals surface area contributed by atoms with Crippen molar-refractivity contribution in [3.63, 3.8) is 0 Å².